The smallest absolute Gasteiger partial charge is 0.251 e. The van der Waals surface area contributed by atoms with Crippen molar-refractivity contribution in [2.75, 3.05) is 26.2 Å². The van der Waals surface area contributed by atoms with Gasteiger partial charge in [0.25, 0.3) is 23.6 Å². The third-order valence-electron chi connectivity index (χ3n) is 6.43. The summed E-state index contributed by atoms with van der Waals surface area (Å²) in [7, 11) is 0. The summed E-state index contributed by atoms with van der Waals surface area (Å²) < 4.78 is 0. The van der Waals surface area contributed by atoms with Crippen LogP contribution < -0.4 is 21.3 Å². The monoisotopic (exact) mass is 578 g/mol. The van der Waals surface area contributed by atoms with Crippen LogP contribution in [0.5, 0.6) is 0 Å². The maximum absolute atomic E-state index is 12.8. The van der Waals surface area contributed by atoms with E-state index in [2.05, 4.69) is 31.5 Å². The molecule has 0 bridgehead atoms. The number of nitrogens with one attached hydrogen (secondary N) is 4. The van der Waals surface area contributed by atoms with Crippen molar-refractivity contribution in [2.24, 2.45) is 10.2 Å². The van der Waals surface area contributed by atoms with Gasteiger partial charge in [0.15, 0.2) is 0 Å². The number of amides is 4. The highest BCUT2D eigenvalue weighted by molar-refractivity contribution is 6.02. The first-order chi connectivity index (χ1) is 20.3. The van der Waals surface area contributed by atoms with Crippen molar-refractivity contribution in [2.45, 2.75) is 79.1 Å². The Hall–Kier alpha value is -4.08. The van der Waals surface area contributed by atoms with Crippen LogP contribution in [0.1, 0.15) is 120 Å². The normalized spacial score (nSPS) is 10.9. The summed E-state index contributed by atoms with van der Waals surface area (Å²) in [5.74, 6) is -1.22. The minimum atomic E-state index is -0.306. The van der Waals surface area contributed by atoms with E-state index < -0.39 is 0 Å². The second kappa shape index (κ2) is 19.1. The van der Waals surface area contributed by atoms with Gasteiger partial charge in [0.2, 0.25) is 0 Å². The minimum absolute atomic E-state index is 0.295. The van der Waals surface area contributed by atoms with Gasteiger partial charge in [0.1, 0.15) is 0 Å². The molecule has 0 heterocycles. The Bertz CT molecular complexity index is 1050. The number of hydrogen-bond acceptors (Lipinski definition) is 6. The Balaban J connectivity index is 2.44. The summed E-state index contributed by atoms with van der Waals surface area (Å²) in [5.41, 5.74) is 1.77. The molecule has 10 heteroatoms. The molecule has 2 aromatic rings. The molecule has 0 fully saturated rings. The van der Waals surface area contributed by atoms with Crippen LogP contribution in [0.4, 0.5) is 11.4 Å². The van der Waals surface area contributed by atoms with Crippen molar-refractivity contribution in [3.63, 3.8) is 0 Å². The number of carbonyl (C=O) groups excluding carboxylic acids is 4. The first-order valence-corrected chi connectivity index (χ1v) is 15.2. The van der Waals surface area contributed by atoms with Gasteiger partial charge in [-0.15, -0.1) is 0 Å². The molecule has 0 unspecified atom stereocenters. The van der Waals surface area contributed by atoms with E-state index in [1.807, 2.05) is 27.7 Å². The van der Waals surface area contributed by atoms with Gasteiger partial charge in [-0.1, -0.05) is 53.4 Å². The molecule has 0 aliphatic carbocycles. The number of rotatable bonds is 18. The Morgan fingerprint density at radius 2 is 0.690 bits per heavy atom. The lowest BCUT2D eigenvalue weighted by molar-refractivity contribution is 0.0937. The van der Waals surface area contributed by atoms with E-state index in [0.29, 0.717) is 59.8 Å². The second-order valence-corrected chi connectivity index (χ2v) is 10.2. The molecular weight excluding hydrogens is 532 g/mol. The van der Waals surface area contributed by atoms with Crippen molar-refractivity contribution < 1.29 is 19.2 Å². The third-order valence-corrected chi connectivity index (χ3v) is 6.43. The Morgan fingerprint density at radius 1 is 0.452 bits per heavy atom. The molecule has 0 radical (unpaired) electrons. The highest BCUT2D eigenvalue weighted by Gasteiger charge is 2.15. The number of hydrogen-bond donors (Lipinski definition) is 4. The Morgan fingerprint density at radius 3 is 0.905 bits per heavy atom. The van der Waals surface area contributed by atoms with Crippen LogP contribution >= 0.6 is 0 Å². The molecule has 0 aliphatic heterocycles. The van der Waals surface area contributed by atoms with E-state index in [0.717, 1.165) is 51.4 Å². The summed E-state index contributed by atoms with van der Waals surface area (Å²) in [4.78, 5) is 51.3. The second-order valence-electron chi connectivity index (χ2n) is 10.2. The molecular formula is C32H46N6O4. The summed E-state index contributed by atoms with van der Waals surface area (Å²) in [5, 5.41) is 20.1. The lowest BCUT2D eigenvalue weighted by Crippen LogP contribution is -2.26. The van der Waals surface area contributed by atoms with Gasteiger partial charge in [-0.2, -0.15) is 10.2 Å². The molecule has 228 valence electrons. The predicted molar refractivity (Wildman–Crippen MR) is 166 cm³/mol. The van der Waals surface area contributed by atoms with Crippen LogP contribution in [-0.2, 0) is 0 Å². The van der Waals surface area contributed by atoms with E-state index >= 15 is 0 Å². The zero-order valence-corrected chi connectivity index (χ0v) is 25.5. The molecule has 0 saturated heterocycles. The molecule has 4 N–H and O–H groups in total. The van der Waals surface area contributed by atoms with Crippen LogP contribution in [0.2, 0.25) is 0 Å². The number of unbranched alkanes of at least 4 members (excludes halogenated alkanes) is 4. The van der Waals surface area contributed by atoms with Crippen molar-refractivity contribution in [1.82, 2.24) is 21.3 Å². The third kappa shape index (κ3) is 11.8. The van der Waals surface area contributed by atoms with Gasteiger partial charge in [-0.3, -0.25) is 19.2 Å². The average Bonchev–Trinajstić information content (AvgIpc) is 3.00. The van der Waals surface area contributed by atoms with Gasteiger partial charge in [-0.05, 0) is 62.1 Å². The average molecular weight is 579 g/mol. The number of carbonyl (C=O) groups is 4. The van der Waals surface area contributed by atoms with Gasteiger partial charge >= 0.3 is 0 Å². The van der Waals surface area contributed by atoms with Crippen LogP contribution in [-0.4, -0.2) is 49.8 Å². The highest BCUT2D eigenvalue weighted by atomic mass is 16.2. The molecule has 42 heavy (non-hydrogen) atoms. The molecule has 0 atom stereocenters. The largest absolute Gasteiger partial charge is 0.352 e. The number of azo groups is 1. The Kier molecular flexibility index (Phi) is 15.5. The standard InChI is InChI=1S/C32H46N6O4/c1-5-9-13-33-29(39)23-17-24(30(40)34-14-10-6-2)20-27(19-23)37-38-28-21-25(31(41)35-15-11-7-3)18-26(22-28)32(42)36-16-12-8-4/h17-22H,5-16H2,1-4H3,(H,33,39)(H,34,40)(H,35,41)(H,36,42). The topological polar surface area (TPSA) is 141 Å². The fourth-order valence-electron chi connectivity index (χ4n) is 3.90. The van der Waals surface area contributed by atoms with Crippen molar-refractivity contribution >= 4 is 35.0 Å². The molecule has 0 spiro atoms. The fourth-order valence-corrected chi connectivity index (χ4v) is 3.90. The molecule has 0 saturated carbocycles. The van der Waals surface area contributed by atoms with Crippen LogP contribution in [0, 0.1) is 0 Å². The van der Waals surface area contributed by atoms with Crippen LogP contribution in [0.15, 0.2) is 46.6 Å². The zero-order chi connectivity index (χ0) is 30.7. The van der Waals surface area contributed by atoms with E-state index in [4.69, 9.17) is 0 Å². The maximum atomic E-state index is 12.8. The van der Waals surface area contributed by atoms with Gasteiger partial charge < -0.3 is 21.3 Å². The SMILES string of the molecule is CCCCNC(=O)c1cc(N=Nc2cc(C(=O)NCCCC)cc(C(=O)NCCCC)c2)cc(C(=O)NCCCC)c1. The summed E-state index contributed by atoms with van der Waals surface area (Å²) >= 11 is 0. The van der Waals surface area contributed by atoms with Gasteiger partial charge in [-0.25, -0.2) is 0 Å². The van der Waals surface area contributed by atoms with Crippen molar-refractivity contribution in [1.29, 1.82) is 0 Å². The predicted octanol–water partition coefficient (Wildman–Crippen LogP) is 6.22. The van der Waals surface area contributed by atoms with Crippen LogP contribution in [0.25, 0.3) is 0 Å². The maximum Gasteiger partial charge on any atom is 0.251 e. The fraction of sp³-hybridized carbons (Fsp3) is 0.500. The highest BCUT2D eigenvalue weighted by Crippen LogP contribution is 2.24. The summed E-state index contributed by atoms with van der Waals surface area (Å²) in [6.45, 7) is 10.2. The van der Waals surface area contributed by atoms with Crippen LogP contribution in [0.3, 0.4) is 0 Å². The first kappa shape index (κ1) is 34.1. The first-order valence-electron chi connectivity index (χ1n) is 15.2. The molecule has 0 aromatic heterocycles. The minimum Gasteiger partial charge on any atom is -0.352 e. The van der Waals surface area contributed by atoms with Gasteiger partial charge in [0, 0.05) is 48.4 Å². The quantitative estimate of drug-likeness (QED) is 0.123. The van der Waals surface area contributed by atoms with Gasteiger partial charge in [0.05, 0.1) is 11.4 Å². The van der Waals surface area contributed by atoms with Crippen molar-refractivity contribution in [3.05, 3.63) is 58.7 Å². The summed E-state index contributed by atoms with van der Waals surface area (Å²) in [6.07, 6.45) is 7.11. The van der Waals surface area contributed by atoms with E-state index in [9.17, 15) is 19.2 Å². The molecule has 4 amide bonds. The van der Waals surface area contributed by atoms with E-state index in [-0.39, 0.29) is 23.6 Å². The lowest BCUT2D eigenvalue weighted by atomic mass is 10.1. The summed E-state index contributed by atoms with van der Waals surface area (Å²) in [6, 6.07) is 9.34. The lowest BCUT2D eigenvalue weighted by Gasteiger charge is -2.10. The zero-order valence-electron chi connectivity index (χ0n) is 25.5. The van der Waals surface area contributed by atoms with E-state index in [1.165, 1.54) is 0 Å². The number of benzene rings is 2. The molecule has 2 rings (SSSR count). The Labute approximate surface area is 249 Å². The number of nitrogens with zero attached hydrogens (tertiary/aromatic N) is 2. The molecule has 2 aromatic carbocycles. The molecule has 0 aliphatic rings. The molecule has 10 nitrogen and oxygen atoms in total. The van der Waals surface area contributed by atoms with E-state index in [1.54, 1.807) is 36.4 Å². The van der Waals surface area contributed by atoms with Crippen molar-refractivity contribution in [3.8, 4) is 0 Å².